The van der Waals surface area contributed by atoms with Crippen molar-refractivity contribution in [1.82, 2.24) is 9.80 Å². The Morgan fingerprint density at radius 1 is 1.24 bits per heavy atom. The molecule has 0 aromatic heterocycles. The lowest BCUT2D eigenvalue weighted by atomic mass is 9.85. The predicted molar refractivity (Wildman–Crippen MR) is 95.2 cm³/mol. The third-order valence-corrected chi connectivity index (χ3v) is 5.17. The molecule has 134 valence electrons. The van der Waals surface area contributed by atoms with Crippen molar-refractivity contribution in [2.45, 2.75) is 33.1 Å². The van der Waals surface area contributed by atoms with Gasteiger partial charge in [-0.15, -0.1) is 0 Å². The Morgan fingerprint density at radius 3 is 2.72 bits per heavy atom. The van der Waals surface area contributed by atoms with Gasteiger partial charge in [-0.05, 0) is 37.5 Å². The molecule has 2 aliphatic rings. The van der Waals surface area contributed by atoms with Crippen LogP contribution in [0.4, 0.5) is 5.69 Å². The molecule has 0 aliphatic carbocycles. The smallest absolute Gasteiger partial charge is 0.253 e. The molecular weight excluding hydrogens is 318 g/mol. The molecule has 2 aliphatic heterocycles. The van der Waals surface area contributed by atoms with E-state index in [1.54, 1.807) is 29.2 Å². The first-order valence-electron chi connectivity index (χ1n) is 8.91. The number of carbonyl (C=O) groups is 3. The third kappa shape index (κ3) is 3.38. The van der Waals surface area contributed by atoms with Crippen LogP contribution in [-0.4, -0.2) is 53.7 Å². The van der Waals surface area contributed by atoms with Crippen molar-refractivity contribution in [3.63, 3.8) is 0 Å². The fraction of sp³-hybridized carbons (Fsp3) is 0.526. The highest BCUT2D eigenvalue weighted by Gasteiger charge is 2.51. The predicted octanol–water partition coefficient (Wildman–Crippen LogP) is 2.12. The van der Waals surface area contributed by atoms with Gasteiger partial charge in [0, 0.05) is 44.4 Å². The van der Waals surface area contributed by atoms with Crippen LogP contribution in [0.25, 0.3) is 0 Å². The van der Waals surface area contributed by atoms with Crippen molar-refractivity contribution in [3.05, 3.63) is 29.8 Å². The van der Waals surface area contributed by atoms with E-state index < -0.39 is 0 Å². The van der Waals surface area contributed by atoms with E-state index >= 15 is 0 Å². The third-order valence-electron chi connectivity index (χ3n) is 5.17. The highest BCUT2D eigenvalue weighted by Crippen LogP contribution is 2.41. The van der Waals surface area contributed by atoms with E-state index in [4.69, 9.17) is 0 Å². The van der Waals surface area contributed by atoms with Crippen molar-refractivity contribution in [3.8, 4) is 0 Å². The fourth-order valence-electron chi connectivity index (χ4n) is 3.92. The molecule has 0 saturated carbocycles. The number of nitrogens with one attached hydrogen (secondary N) is 1. The maximum absolute atomic E-state index is 12.8. The Labute approximate surface area is 148 Å². The molecule has 3 amide bonds. The Balaban J connectivity index is 1.71. The van der Waals surface area contributed by atoms with E-state index in [-0.39, 0.29) is 23.1 Å². The van der Waals surface area contributed by atoms with Crippen molar-refractivity contribution in [2.24, 2.45) is 5.41 Å². The molecule has 0 bridgehead atoms. The van der Waals surface area contributed by atoms with E-state index in [2.05, 4.69) is 12.2 Å². The zero-order chi connectivity index (χ0) is 18.0. The van der Waals surface area contributed by atoms with Crippen molar-refractivity contribution >= 4 is 23.4 Å². The Hall–Kier alpha value is -2.37. The second kappa shape index (κ2) is 6.86. The number of nitrogens with zero attached hydrogens (tertiary/aromatic N) is 2. The molecule has 1 N–H and O–H groups in total. The molecule has 2 fully saturated rings. The Bertz CT molecular complexity index is 703. The SMILES string of the molecule is CCCN1CCC2(CCN(C(=O)c3cccc(NC(C)=O)c3)C2)C1=O. The number of amides is 3. The summed E-state index contributed by atoms with van der Waals surface area (Å²) < 4.78 is 0. The van der Waals surface area contributed by atoms with Crippen molar-refractivity contribution in [2.75, 3.05) is 31.5 Å². The number of benzene rings is 1. The first-order valence-corrected chi connectivity index (χ1v) is 8.91. The Kier molecular flexibility index (Phi) is 4.79. The summed E-state index contributed by atoms with van der Waals surface area (Å²) >= 11 is 0. The van der Waals surface area contributed by atoms with Gasteiger partial charge in [0.15, 0.2) is 0 Å². The van der Waals surface area contributed by atoms with E-state index in [1.165, 1.54) is 6.92 Å². The molecule has 1 atom stereocenters. The second-order valence-corrected chi connectivity index (χ2v) is 7.06. The molecule has 1 aromatic rings. The average molecular weight is 343 g/mol. The summed E-state index contributed by atoms with van der Waals surface area (Å²) in [6, 6.07) is 6.95. The van der Waals surface area contributed by atoms with Crippen molar-refractivity contribution in [1.29, 1.82) is 0 Å². The van der Waals surface area contributed by atoms with Gasteiger partial charge < -0.3 is 15.1 Å². The zero-order valence-corrected chi connectivity index (χ0v) is 14.9. The molecule has 2 saturated heterocycles. The van der Waals surface area contributed by atoms with Crippen LogP contribution in [0.5, 0.6) is 0 Å². The second-order valence-electron chi connectivity index (χ2n) is 7.06. The van der Waals surface area contributed by atoms with E-state index in [0.29, 0.717) is 24.3 Å². The van der Waals surface area contributed by atoms with Gasteiger partial charge in [0.1, 0.15) is 0 Å². The molecular formula is C19H25N3O3. The van der Waals surface area contributed by atoms with Gasteiger partial charge in [-0.2, -0.15) is 0 Å². The highest BCUT2D eigenvalue weighted by atomic mass is 16.2. The van der Waals surface area contributed by atoms with Gasteiger partial charge in [-0.1, -0.05) is 13.0 Å². The van der Waals surface area contributed by atoms with Crippen LogP contribution in [0.1, 0.15) is 43.5 Å². The van der Waals surface area contributed by atoms with Crippen molar-refractivity contribution < 1.29 is 14.4 Å². The lowest BCUT2D eigenvalue weighted by molar-refractivity contribution is -0.135. The summed E-state index contributed by atoms with van der Waals surface area (Å²) in [6.45, 7) is 6.21. The minimum absolute atomic E-state index is 0.0779. The van der Waals surface area contributed by atoms with Gasteiger partial charge in [0.25, 0.3) is 5.91 Å². The molecule has 1 unspecified atom stereocenters. The quantitative estimate of drug-likeness (QED) is 0.910. The van der Waals surface area contributed by atoms with E-state index in [9.17, 15) is 14.4 Å². The molecule has 3 rings (SSSR count). The molecule has 6 heteroatoms. The average Bonchev–Trinajstić information content (AvgIpc) is 3.14. The van der Waals surface area contributed by atoms with E-state index in [1.807, 2.05) is 4.90 Å². The van der Waals surface area contributed by atoms with Crippen LogP contribution in [0, 0.1) is 5.41 Å². The first kappa shape index (κ1) is 17.5. The van der Waals surface area contributed by atoms with Crippen LogP contribution in [0.2, 0.25) is 0 Å². The maximum atomic E-state index is 12.8. The van der Waals surface area contributed by atoms with E-state index in [0.717, 1.165) is 32.4 Å². The fourth-order valence-corrected chi connectivity index (χ4v) is 3.92. The summed E-state index contributed by atoms with van der Waals surface area (Å²) in [4.78, 5) is 40.5. The molecule has 0 radical (unpaired) electrons. The van der Waals surface area contributed by atoms with Crippen LogP contribution < -0.4 is 5.32 Å². The Morgan fingerprint density at radius 2 is 2.00 bits per heavy atom. The lowest BCUT2D eigenvalue weighted by Crippen LogP contribution is -2.38. The summed E-state index contributed by atoms with van der Waals surface area (Å²) in [7, 11) is 0. The number of anilines is 1. The molecule has 1 aromatic carbocycles. The van der Waals surface area contributed by atoms with Crippen LogP contribution in [-0.2, 0) is 9.59 Å². The molecule has 2 heterocycles. The summed E-state index contributed by atoms with van der Waals surface area (Å²) in [6.07, 6.45) is 2.53. The van der Waals surface area contributed by atoms with Crippen LogP contribution >= 0.6 is 0 Å². The largest absolute Gasteiger partial charge is 0.342 e. The topological polar surface area (TPSA) is 69.7 Å². The standard InChI is InChI=1S/C19H25N3O3/c1-3-9-21-10-7-19(18(21)25)8-11-22(13-19)17(24)15-5-4-6-16(12-15)20-14(2)23/h4-6,12H,3,7-11,13H2,1-2H3,(H,20,23). The lowest BCUT2D eigenvalue weighted by Gasteiger charge is -2.23. The van der Waals surface area contributed by atoms with Crippen LogP contribution in [0.3, 0.4) is 0 Å². The number of hydrogen-bond donors (Lipinski definition) is 1. The van der Waals surface area contributed by atoms with Gasteiger partial charge in [0.2, 0.25) is 11.8 Å². The first-order chi connectivity index (χ1) is 11.9. The number of rotatable bonds is 4. The van der Waals surface area contributed by atoms with Gasteiger partial charge >= 0.3 is 0 Å². The maximum Gasteiger partial charge on any atom is 0.253 e. The molecule has 25 heavy (non-hydrogen) atoms. The molecule has 6 nitrogen and oxygen atoms in total. The minimum atomic E-state index is -0.389. The number of carbonyl (C=O) groups excluding carboxylic acids is 3. The molecule has 1 spiro atoms. The van der Waals surface area contributed by atoms with Gasteiger partial charge in [0.05, 0.1) is 5.41 Å². The summed E-state index contributed by atoms with van der Waals surface area (Å²) in [5.74, 6) is -0.0419. The summed E-state index contributed by atoms with van der Waals surface area (Å²) in [5, 5.41) is 2.70. The van der Waals surface area contributed by atoms with Gasteiger partial charge in [-0.25, -0.2) is 0 Å². The number of hydrogen-bond acceptors (Lipinski definition) is 3. The highest BCUT2D eigenvalue weighted by molar-refractivity contribution is 5.97. The zero-order valence-electron chi connectivity index (χ0n) is 14.9. The monoisotopic (exact) mass is 343 g/mol. The minimum Gasteiger partial charge on any atom is -0.342 e. The summed E-state index contributed by atoms with van der Waals surface area (Å²) in [5.41, 5.74) is 0.762. The van der Waals surface area contributed by atoms with Crippen LogP contribution in [0.15, 0.2) is 24.3 Å². The van der Waals surface area contributed by atoms with Gasteiger partial charge in [-0.3, -0.25) is 14.4 Å². The number of likely N-dealkylation sites (tertiary alicyclic amines) is 2. The normalized spacial score (nSPS) is 22.7.